The highest BCUT2D eigenvalue weighted by atomic mass is 16.5. The second-order valence-corrected chi connectivity index (χ2v) is 3.83. The van der Waals surface area contributed by atoms with Crippen LogP contribution in [0.2, 0.25) is 0 Å². The van der Waals surface area contributed by atoms with Gasteiger partial charge in [0.2, 0.25) is 0 Å². The summed E-state index contributed by atoms with van der Waals surface area (Å²) in [4.78, 5) is 21.9. The van der Waals surface area contributed by atoms with Gasteiger partial charge in [-0.2, -0.15) is 0 Å². The molecule has 0 heterocycles. The van der Waals surface area contributed by atoms with Crippen LogP contribution in [0.3, 0.4) is 0 Å². The normalized spacial score (nSPS) is 32.9. The van der Waals surface area contributed by atoms with E-state index in [1.165, 1.54) is 7.11 Å². The fourth-order valence-electron chi connectivity index (χ4n) is 1.88. The van der Waals surface area contributed by atoms with E-state index >= 15 is 0 Å². The highest BCUT2D eigenvalue weighted by Gasteiger charge is 2.44. The molecular weight excluding hydrogens is 172 g/mol. The van der Waals surface area contributed by atoms with Crippen LogP contribution in [0.15, 0.2) is 0 Å². The summed E-state index contributed by atoms with van der Waals surface area (Å²) in [6.07, 6.45) is 1.58. The predicted molar refractivity (Wildman–Crippen MR) is 45.1 cm³/mol. The molecule has 0 spiro atoms. The number of aliphatic carboxylic acids is 1. The van der Waals surface area contributed by atoms with E-state index in [2.05, 4.69) is 4.74 Å². The largest absolute Gasteiger partial charge is 0.481 e. The molecule has 0 bridgehead atoms. The highest BCUT2D eigenvalue weighted by molar-refractivity contribution is 5.79. The summed E-state index contributed by atoms with van der Waals surface area (Å²) >= 11 is 0. The lowest BCUT2D eigenvalue weighted by Gasteiger charge is -2.19. The van der Waals surface area contributed by atoms with Crippen LogP contribution in [0, 0.1) is 11.3 Å². The van der Waals surface area contributed by atoms with Crippen molar-refractivity contribution in [3.8, 4) is 0 Å². The van der Waals surface area contributed by atoms with E-state index < -0.39 is 11.4 Å². The highest BCUT2D eigenvalue weighted by Crippen LogP contribution is 2.42. The number of carboxylic acid groups (broad SMARTS) is 1. The van der Waals surface area contributed by atoms with Gasteiger partial charge in [-0.05, 0) is 26.2 Å². The molecule has 0 aliphatic heterocycles. The molecular formula is C9H14O4. The molecule has 1 N–H and O–H groups in total. The topological polar surface area (TPSA) is 63.6 Å². The molecule has 1 aliphatic rings. The Bertz CT molecular complexity index is 236. The van der Waals surface area contributed by atoms with Crippen molar-refractivity contribution in [3.63, 3.8) is 0 Å². The third-order valence-corrected chi connectivity index (χ3v) is 2.77. The van der Waals surface area contributed by atoms with E-state index in [9.17, 15) is 9.59 Å². The SMILES string of the molecule is COC(=O)C1(C)CCC(C(=O)O)C1. The molecule has 2 unspecified atom stereocenters. The molecule has 0 amide bonds. The number of rotatable bonds is 2. The monoisotopic (exact) mass is 186 g/mol. The third-order valence-electron chi connectivity index (χ3n) is 2.77. The van der Waals surface area contributed by atoms with Crippen molar-refractivity contribution in [1.82, 2.24) is 0 Å². The quantitative estimate of drug-likeness (QED) is 0.655. The molecule has 0 saturated heterocycles. The van der Waals surface area contributed by atoms with E-state index in [1.807, 2.05) is 0 Å². The van der Waals surface area contributed by atoms with E-state index in [0.29, 0.717) is 19.3 Å². The number of methoxy groups -OCH3 is 1. The number of carbonyl (C=O) groups excluding carboxylic acids is 1. The Morgan fingerprint density at radius 3 is 2.54 bits per heavy atom. The molecule has 13 heavy (non-hydrogen) atoms. The smallest absolute Gasteiger partial charge is 0.311 e. The van der Waals surface area contributed by atoms with Gasteiger partial charge in [-0.3, -0.25) is 9.59 Å². The third kappa shape index (κ3) is 1.82. The van der Waals surface area contributed by atoms with Crippen LogP contribution in [0.4, 0.5) is 0 Å². The van der Waals surface area contributed by atoms with Crippen molar-refractivity contribution in [2.75, 3.05) is 7.11 Å². The molecule has 1 rings (SSSR count). The van der Waals surface area contributed by atoms with E-state index in [1.54, 1.807) is 6.92 Å². The van der Waals surface area contributed by atoms with Crippen LogP contribution in [-0.2, 0) is 14.3 Å². The Labute approximate surface area is 76.9 Å². The molecule has 0 radical (unpaired) electrons. The summed E-state index contributed by atoms with van der Waals surface area (Å²) in [5, 5.41) is 8.75. The number of carbonyl (C=O) groups is 2. The molecule has 0 aromatic carbocycles. The fraction of sp³-hybridized carbons (Fsp3) is 0.778. The molecule has 74 valence electrons. The zero-order chi connectivity index (χ0) is 10.1. The van der Waals surface area contributed by atoms with Gasteiger partial charge in [0.15, 0.2) is 0 Å². The second-order valence-electron chi connectivity index (χ2n) is 3.83. The van der Waals surface area contributed by atoms with Crippen LogP contribution in [-0.4, -0.2) is 24.2 Å². The van der Waals surface area contributed by atoms with Crippen molar-refractivity contribution in [2.24, 2.45) is 11.3 Å². The van der Waals surface area contributed by atoms with Gasteiger partial charge in [0, 0.05) is 0 Å². The minimum Gasteiger partial charge on any atom is -0.481 e. The molecule has 2 atom stereocenters. The number of carboxylic acids is 1. The van der Waals surface area contributed by atoms with Gasteiger partial charge >= 0.3 is 11.9 Å². The zero-order valence-electron chi connectivity index (χ0n) is 7.87. The zero-order valence-corrected chi connectivity index (χ0v) is 7.87. The lowest BCUT2D eigenvalue weighted by atomic mass is 9.88. The first-order chi connectivity index (χ1) is 5.99. The summed E-state index contributed by atoms with van der Waals surface area (Å²) in [7, 11) is 1.33. The summed E-state index contributed by atoms with van der Waals surface area (Å²) in [6, 6.07) is 0. The van der Waals surface area contributed by atoms with E-state index in [0.717, 1.165) is 0 Å². The number of hydrogen-bond acceptors (Lipinski definition) is 3. The number of hydrogen-bond donors (Lipinski definition) is 1. The average Bonchev–Trinajstić information content (AvgIpc) is 2.48. The van der Waals surface area contributed by atoms with Crippen LogP contribution >= 0.6 is 0 Å². The molecule has 4 heteroatoms. The average molecular weight is 186 g/mol. The van der Waals surface area contributed by atoms with Crippen LogP contribution < -0.4 is 0 Å². The van der Waals surface area contributed by atoms with Crippen LogP contribution in [0.1, 0.15) is 26.2 Å². The van der Waals surface area contributed by atoms with Gasteiger partial charge in [0.25, 0.3) is 0 Å². The molecule has 1 aliphatic carbocycles. The van der Waals surface area contributed by atoms with Crippen molar-refractivity contribution in [2.45, 2.75) is 26.2 Å². The molecule has 1 saturated carbocycles. The predicted octanol–water partition coefficient (Wildman–Crippen LogP) is 1.05. The number of esters is 1. The molecule has 0 aromatic rings. The second kappa shape index (κ2) is 3.36. The number of ether oxygens (including phenoxy) is 1. The Hall–Kier alpha value is -1.06. The van der Waals surface area contributed by atoms with E-state index in [4.69, 9.17) is 5.11 Å². The lowest BCUT2D eigenvalue weighted by molar-refractivity contribution is -0.152. The maximum absolute atomic E-state index is 11.3. The van der Waals surface area contributed by atoms with Gasteiger partial charge in [0.1, 0.15) is 0 Å². The van der Waals surface area contributed by atoms with Gasteiger partial charge in [-0.25, -0.2) is 0 Å². The fourth-order valence-corrected chi connectivity index (χ4v) is 1.88. The van der Waals surface area contributed by atoms with Gasteiger partial charge in [-0.1, -0.05) is 0 Å². The van der Waals surface area contributed by atoms with Crippen molar-refractivity contribution in [3.05, 3.63) is 0 Å². The molecule has 1 fully saturated rings. The maximum Gasteiger partial charge on any atom is 0.311 e. The van der Waals surface area contributed by atoms with Gasteiger partial charge in [0.05, 0.1) is 18.4 Å². The van der Waals surface area contributed by atoms with E-state index in [-0.39, 0.29) is 11.9 Å². The standard InChI is InChI=1S/C9H14O4/c1-9(8(12)13-2)4-3-6(5-9)7(10)11/h6H,3-5H2,1-2H3,(H,10,11). The summed E-state index contributed by atoms with van der Waals surface area (Å²) < 4.78 is 4.63. The van der Waals surface area contributed by atoms with Crippen molar-refractivity contribution in [1.29, 1.82) is 0 Å². The van der Waals surface area contributed by atoms with Gasteiger partial charge in [-0.15, -0.1) is 0 Å². The first-order valence-corrected chi connectivity index (χ1v) is 4.31. The van der Waals surface area contributed by atoms with Crippen molar-refractivity contribution < 1.29 is 19.4 Å². The molecule has 0 aromatic heterocycles. The first-order valence-electron chi connectivity index (χ1n) is 4.31. The Balaban J connectivity index is 2.66. The van der Waals surface area contributed by atoms with Crippen LogP contribution in [0.5, 0.6) is 0 Å². The minimum absolute atomic E-state index is 0.295. The Morgan fingerprint density at radius 2 is 2.15 bits per heavy atom. The molecule has 4 nitrogen and oxygen atoms in total. The maximum atomic E-state index is 11.3. The van der Waals surface area contributed by atoms with Crippen molar-refractivity contribution >= 4 is 11.9 Å². The van der Waals surface area contributed by atoms with Gasteiger partial charge < -0.3 is 9.84 Å². The first kappa shape index (κ1) is 10.0. The summed E-state index contributed by atoms with van der Waals surface area (Å²) in [5.74, 6) is -1.49. The Kier molecular flexibility index (Phi) is 2.59. The summed E-state index contributed by atoms with van der Waals surface area (Å²) in [5.41, 5.74) is -0.586. The lowest BCUT2D eigenvalue weighted by Crippen LogP contribution is -2.26. The summed E-state index contributed by atoms with van der Waals surface area (Å²) in [6.45, 7) is 1.77. The Morgan fingerprint density at radius 1 is 1.54 bits per heavy atom. The van der Waals surface area contributed by atoms with Crippen LogP contribution in [0.25, 0.3) is 0 Å². The minimum atomic E-state index is -0.812.